The van der Waals surface area contributed by atoms with Gasteiger partial charge in [-0.05, 0) is 55.4 Å². The molecule has 156 valence electrons. The van der Waals surface area contributed by atoms with Gasteiger partial charge in [0.1, 0.15) is 12.3 Å². The van der Waals surface area contributed by atoms with E-state index in [1.54, 1.807) is 0 Å². The SMILES string of the molecule is CC(NC(=O)CN1C(=O)COc2ccc([N+](=O)[O-])cc21)c1ccc2c(c1)CCCC2. The molecule has 0 fully saturated rings. The van der Waals surface area contributed by atoms with E-state index in [0.29, 0.717) is 5.75 Å². The van der Waals surface area contributed by atoms with Gasteiger partial charge in [-0.2, -0.15) is 0 Å². The fraction of sp³-hybridized carbons (Fsp3) is 0.364. The molecule has 0 spiro atoms. The lowest BCUT2D eigenvalue weighted by molar-refractivity contribution is -0.384. The number of ether oxygens (including phenoxy) is 1. The molecule has 8 nitrogen and oxygen atoms in total. The van der Waals surface area contributed by atoms with Crippen molar-refractivity contribution in [1.29, 1.82) is 0 Å². The molecule has 0 aromatic heterocycles. The van der Waals surface area contributed by atoms with Crippen LogP contribution in [0, 0.1) is 10.1 Å². The minimum atomic E-state index is -0.546. The molecule has 1 atom stereocenters. The van der Waals surface area contributed by atoms with Crippen LogP contribution in [0.3, 0.4) is 0 Å². The second kappa shape index (κ2) is 8.14. The van der Waals surface area contributed by atoms with E-state index in [9.17, 15) is 19.7 Å². The number of nitro groups is 1. The normalized spacial score (nSPS) is 16.2. The van der Waals surface area contributed by atoms with E-state index in [-0.39, 0.29) is 36.5 Å². The van der Waals surface area contributed by atoms with Crippen LogP contribution in [-0.2, 0) is 22.4 Å². The summed E-state index contributed by atoms with van der Waals surface area (Å²) in [6, 6.07) is 10.1. The van der Waals surface area contributed by atoms with Crippen LogP contribution in [0.4, 0.5) is 11.4 Å². The van der Waals surface area contributed by atoms with Gasteiger partial charge in [-0.3, -0.25) is 24.6 Å². The Labute approximate surface area is 174 Å². The van der Waals surface area contributed by atoms with Gasteiger partial charge in [0.2, 0.25) is 5.91 Å². The molecular formula is C22H23N3O5. The van der Waals surface area contributed by atoms with Crippen LogP contribution in [0.2, 0.25) is 0 Å². The first kappa shape index (κ1) is 19.9. The number of carbonyl (C=O) groups is 2. The van der Waals surface area contributed by atoms with E-state index < -0.39 is 10.8 Å². The van der Waals surface area contributed by atoms with Crippen LogP contribution < -0.4 is 15.0 Å². The molecule has 1 heterocycles. The van der Waals surface area contributed by atoms with Crippen molar-refractivity contribution in [2.45, 2.75) is 38.6 Å². The topological polar surface area (TPSA) is 102 Å². The number of aryl methyl sites for hydroxylation is 2. The first-order valence-corrected chi connectivity index (χ1v) is 10.0. The molecule has 0 radical (unpaired) electrons. The third-order valence-corrected chi connectivity index (χ3v) is 5.65. The zero-order chi connectivity index (χ0) is 21.3. The van der Waals surface area contributed by atoms with Crippen molar-refractivity contribution < 1.29 is 19.2 Å². The smallest absolute Gasteiger partial charge is 0.271 e. The fourth-order valence-electron chi connectivity index (χ4n) is 4.01. The van der Waals surface area contributed by atoms with Crippen LogP contribution in [0.5, 0.6) is 5.75 Å². The summed E-state index contributed by atoms with van der Waals surface area (Å²) in [7, 11) is 0. The van der Waals surface area contributed by atoms with Crippen LogP contribution in [0.1, 0.15) is 42.5 Å². The predicted octanol–water partition coefficient (Wildman–Crippen LogP) is 3.08. The molecule has 1 N–H and O–H groups in total. The summed E-state index contributed by atoms with van der Waals surface area (Å²) >= 11 is 0. The fourth-order valence-corrected chi connectivity index (χ4v) is 4.01. The van der Waals surface area contributed by atoms with Crippen molar-refractivity contribution in [3.05, 3.63) is 63.2 Å². The highest BCUT2D eigenvalue weighted by Crippen LogP contribution is 2.35. The number of hydrogen-bond donors (Lipinski definition) is 1. The van der Waals surface area contributed by atoms with Crippen LogP contribution in [0.15, 0.2) is 36.4 Å². The summed E-state index contributed by atoms with van der Waals surface area (Å²) in [5.74, 6) is -0.414. The average Bonchev–Trinajstić information content (AvgIpc) is 2.75. The second-order valence-corrected chi connectivity index (χ2v) is 7.70. The molecule has 4 rings (SSSR count). The van der Waals surface area contributed by atoms with Gasteiger partial charge in [-0.25, -0.2) is 0 Å². The number of anilines is 1. The lowest BCUT2D eigenvalue weighted by atomic mass is 9.89. The van der Waals surface area contributed by atoms with Gasteiger partial charge in [0.25, 0.3) is 11.6 Å². The Balaban J connectivity index is 1.48. The number of nitro benzene ring substituents is 1. The Morgan fingerprint density at radius 1 is 1.20 bits per heavy atom. The molecule has 0 bridgehead atoms. The van der Waals surface area contributed by atoms with E-state index in [2.05, 4.69) is 17.4 Å². The predicted molar refractivity (Wildman–Crippen MR) is 111 cm³/mol. The highest BCUT2D eigenvalue weighted by molar-refractivity contribution is 6.02. The number of non-ortho nitro benzene ring substituents is 1. The van der Waals surface area contributed by atoms with Crippen molar-refractivity contribution in [1.82, 2.24) is 5.32 Å². The molecule has 1 aliphatic carbocycles. The molecule has 1 aliphatic heterocycles. The maximum Gasteiger partial charge on any atom is 0.271 e. The molecule has 2 aromatic carbocycles. The number of benzene rings is 2. The number of nitrogens with zero attached hydrogens (tertiary/aromatic N) is 2. The first-order chi connectivity index (χ1) is 14.4. The molecule has 30 heavy (non-hydrogen) atoms. The molecule has 8 heteroatoms. The Hall–Kier alpha value is -3.42. The number of nitrogens with one attached hydrogen (secondary N) is 1. The molecule has 2 aromatic rings. The molecule has 2 amide bonds. The minimum absolute atomic E-state index is 0.167. The van der Waals surface area contributed by atoms with Gasteiger partial charge >= 0.3 is 0 Å². The van der Waals surface area contributed by atoms with E-state index in [1.165, 1.54) is 47.1 Å². The van der Waals surface area contributed by atoms with Crippen molar-refractivity contribution >= 4 is 23.2 Å². The third-order valence-electron chi connectivity index (χ3n) is 5.65. The number of hydrogen-bond acceptors (Lipinski definition) is 5. The Morgan fingerprint density at radius 3 is 2.73 bits per heavy atom. The summed E-state index contributed by atoms with van der Waals surface area (Å²) in [6.07, 6.45) is 4.55. The van der Waals surface area contributed by atoms with Crippen molar-refractivity contribution in [2.24, 2.45) is 0 Å². The maximum absolute atomic E-state index is 12.7. The van der Waals surface area contributed by atoms with E-state index >= 15 is 0 Å². The van der Waals surface area contributed by atoms with Crippen molar-refractivity contribution in [2.75, 3.05) is 18.1 Å². The third kappa shape index (κ3) is 3.98. The zero-order valence-corrected chi connectivity index (χ0v) is 16.7. The number of rotatable bonds is 5. The van der Waals surface area contributed by atoms with Gasteiger partial charge in [0.05, 0.1) is 16.7 Å². The van der Waals surface area contributed by atoms with Crippen molar-refractivity contribution in [3.8, 4) is 5.75 Å². The lowest BCUT2D eigenvalue weighted by Crippen LogP contribution is -2.45. The summed E-state index contributed by atoms with van der Waals surface area (Å²) < 4.78 is 5.34. The lowest BCUT2D eigenvalue weighted by Gasteiger charge is -2.29. The summed E-state index contributed by atoms with van der Waals surface area (Å²) in [5, 5.41) is 14.0. The van der Waals surface area contributed by atoms with Gasteiger partial charge in [-0.15, -0.1) is 0 Å². The average molecular weight is 409 g/mol. The molecule has 1 unspecified atom stereocenters. The number of amides is 2. The first-order valence-electron chi connectivity index (χ1n) is 10.0. The van der Waals surface area contributed by atoms with Crippen LogP contribution >= 0.6 is 0 Å². The summed E-state index contributed by atoms with van der Waals surface area (Å²) in [6.45, 7) is 1.46. The Bertz CT molecular complexity index is 1020. The molecule has 0 saturated carbocycles. The van der Waals surface area contributed by atoms with Crippen molar-refractivity contribution in [3.63, 3.8) is 0 Å². The zero-order valence-electron chi connectivity index (χ0n) is 16.7. The van der Waals surface area contributed by atoms with Gasteiger partial charge in [-0.1, -0.05) is 18.2 Å². The maximum atomic E-state index is 12.7. The second-order valence-electron chi connectivity index (χ2n) is 7.70. The number of fused-ring (bicyclic) bond motifs is 2. The monoisotopic (exact) mass is 409 g/mol. The Morgan fingerprint density at radius 2 is 1.97 bits per heavy atom. The molecular weight excluding hydrogens is 386 g/mol. The van der Waals surface area contributed by atoms with E-state index in [1.807, 2.05) is 13.0 Å². The highest BCUT2D eigenvalue weighted by atomic mass is 16.6. The molecule has 2 aliphatic rings. The molecule has 0 saturated heterocycles. The van der Waals surface area contributed by atoms with E-state index in [0.717, 1.165) is 18.4 Å². The quantitative estimate of drug-likeness (QED) is 0.604. The van der Waals surface area contributed by atoms with Crippen LogP contribution in [0.25, 0.3) is 0 Å². The minimum Gasteiger partial charge on any atom is -0.482 e. The standard InChI is InChI=1S/C22H23N3O5/c1-14(16-7-6-15-4-2-3-5-17(15)10-16)23-21(26)12-24-19-11-18(25(28)29)8-9-20(19)30-13-22(24)27/h6-11,14H,2-5,12-13H2,1H3,(H,23,26). The summed E-state index contributed by atoms with van der Waals surface area (Å²) in [4.78, 5) is 36.8. The number of carbonyl (C=O) groups excluding carboxylic acids is 2. The Kier molecular flexibility index (Phi) is 5.39. The van der Waals surface area contributed by atoms with E-state index in [4.69, 9.17) is 4.74 Å². The van der Waals surface area contributed by atoms with Gasteiger partial charge in [0.15, 0.2) is 6.61 Å². The highest BCUT2D eigenvalue weighted by Gasteiger charge is 2.29. The van der Waals surface area contributed by atoms with Crippen LogP contribution in [-0.4, -0.2) is 29.9 Å². The summed E-state index contributed by atoms with van der Waals surface area (Å²) in [5.41, 5.74) is 3.80. The van der Waals surface area contributed by atoms with Gasteiger partial charge < -0.3 is 10.1 Å². The van der Waals surface area contributed by atoms with Gasteiger partial charge in [0, 0.05) is 12.1 Å². The largest absolute Gasteiger partial charge is 0.482 e.